The molecule has 4 aromatic rings. The number of aryl methyl sites for hydroxylation is 1. The Morgan fingerprint density at radius 3 is 2.42 bits per heavy atom. The zero-order valence-corrected chi connectivity index (χ0v) is 18.3. The number of amides is 1. The summed E-state index contributed by atoms with van der Waals surface area (Å²) in [5.74, 6) is 0.709. The Balaban J connectivity index is 1.40. The topological polar surface area (TPSA) is 102 Å². The fourth-order valence-electron chi connectivity index (χ4n) is 3.78. The maximum atomic E-state index is 12.8. The Labute approximate surface area is 191 Å². The lowest BCUT2D eigenvalue weighted by Crippen LogP contribution is -2.31. The van der Waals surface area contributed by atoms with Crippen LogP contribution in [0.4, 0.5) is 11.4 Å². The third-order valence-electron chi connectivity index (χ3n) is 5.51. The molecule has 3 aromatic carbocycles. The molecule has 0 aliphatic carbocycles. The van der Waals surface area contributed by atoms with E-state index in [0.717, 1.165) is 28.1 Å². The van der Waals surface area contributed by atoms with Crippen molar-refractivity contribution in [2.45, 2.75) is 18.9 Å². The van der Waals surface area contributed by atoms with Crippen LogP contribution in [0.15, 0.2) is 78.9 Å². The molecule has 0 radical (unpaired) electrons. The fraction of sp³-hybridized carbons (Fsp3) is 0.200. The molecule has 0 saturated heterocycles. The van der Waals surface area contributed by atoms with Gasteiger partial charge >= 0.3 is 0 Å². The number of nitro groups is 1. The molecule has 2 N–H and O–H groups in total. The van der Waals surface area contributed by atoms with Crippen molar-refractivity contribution in [1.82, 2.24) is 14.9 Å². The number of carbonyl (C=O) groups is 1. The van der Waals surface area contributed by atoms with Gasteiger partial charge in [-0.3, -0.25) is 14.9 Å². The van der Waals surface area contributed by atoms with Gasteiger partial charge in [0, 0.05) is 37.8 Å². The number of carbonyl (C=O) groups excluding carboxylic acids is 1. The highest BCUT2D eigenvalue weighted by atomic mass is 16.6. The van der Waals surface area contributed by atoms with Crippen molar-refractivity contribution in [3.05, 3.63) is 100 Å². The minimum absolute atomic E-state index is 0.0498. The first-order valence-electron chi connectivity index (χ1n) is 10.8. The van der Waals surface area contributed by atoms with Gasteiger partial charge in [0.2, 0.25) is 5.91 Å². The van der Waals surface area contributed by atoms with E-state index in [-0.39, 0.29) is 17.6 Å². The quantitative estimate of drug-likeness (QED) is 0.224. The molecule has 0 aliphatic heterocycles. The smallest absolute Gasteiger partial charge is 0.269 e. The Morgan fingerprint density at radius 1 is 1.03 bits per heavy atom. The van der Waals surface area contributed by atoms with Gasteiger partial charge in [-0.2, -0.15) is 0 Å². The van der Waals surface area contributed by atoms with Crippen LogP contribution in [0, 0.1) is 10.1 Å². The average molecular weight is 444 g/mol. The number of para-hydroxylation sites is 2. The van der Waals surface area contributed by atoms with Crippen molar-refractivity contribution in [3.63, 3.8) is 0 Å². The van der Waals surface area contributed by atoms with E-state index in [1.807, 2.05) is 66.2 Å². The molecule has 0 saturated carbocycles. The van der Waals surface area contributed by atoms with E-state index < -0.39 is 4.92 Å². The summed E-state index contributed by atoms with van der Waals surface area (Å²) in [6.45, 7) is 0.577. The van der Waals surface area contributed by atoms with Crippen molar-refractivity contribution in [2.24, 2.45) is 7.05 Å². The number of aromatic nitrogens is 2. The predicted molar refractivity (Wildman–Crippen MR) is 128 cm³/mol. The molecule has 1 unspecified atom stereocenters. The van der Waals surface area contributed by atoms with Gasteiger partial charge < -0.3 is 15.2 Å². The fourth-order valence-corrected chi connectivity index (χ4v) is 3.78. The van der Waals surface area contributed by atoms with E-state index in [4.69, 9.17) is 4.98 Å². The van der Waals surface area contributed by atoms with Gasteiger partial charge in [0.25, 0.3) is 5.69 Å². The molecule has 4 rings (SSSR count). The van der Waals surface area contributed by atoms with Crippen molar-refractivity contribution in [3.8, 4) is 0 Å². The van der Waals surface area contributed by atoms with E-state index in [1.54, 1.807) is 12.1 Å². The van der Waals surface area contributed by atoms with Crippen LogP contribution >= 0.6 is 0 Å². The molecule has 0 spiro atoms. The predicted octanol–water partition coefficient (Wildman–Crippen LogP) is 4.58. The molecule has 1 atom stereocenters. The number of non-ortho nitro benzene ring substituents is 1. The third kappa shape index (κ3) is 5.17. The molecular weight excluding hydrogens is 418 g/mol. The number of rotatable bonds is 9. The number of nitrogens with one attached hydrogen (secondary N) is 2. The van der Waals surface area contributed by atoms with Crippen LogP contribution in [-0.2, 0) is 11.8 Å². The molecule has 0 fully saturated rings. The van der Waals surface area contributed by atoms with Crippen LogP contribution in [0.2, 0.25) is 0 Å². The number of hydrogen-bond donors (Lipinski definition) is 2. The first kappa shape index (κ1) is 22.0. The van der Waals surface area contributed by atoms with Gasteiger partial charge in [0.05, 0.1) is 16.0 Å². The Morgan fingerprint density at radius 2 is 1.73 bits per heavy atom. The van der Waals surface area contributed by atoms with E-state index >= 15 is 0 Å². The molecule has 33 heavy (non-hydrogen) atoms. The molecule has 0 bridgehead atoms. The minimum atomic E-state index is -0.429. The molecule has 0 aliphatic rings. The zero-order valence-electron chi connectivity index (χ0n) is 18.3. The summed E-state index contributed by atoms with van der Waals surface area (Å²) < 4.78 is 2.02. The lowest BCUT2D eigenvalue weighted by Gasteiger charge is -2.19. The largest absolute Gasteiger partial charge is 0.385 e. The second-order valence-electron chi connectivity index (χ2n) is 7.76. The van der Waals surface area contributed by atoms with Crippen LogP contribution in [0.1, 0.15) is 30.3 Å². The second-order valence-corrected chi connectivity index (χ2v) is 7.76. The summed E-state index contributed by atoms with van der Waals surface area (Å²) in [6, 6.07) is 23.6. The molecular formula is C25H25N5O3. The highest BCUT2D eigenvalue weighted by molar-refractivity contribution is 5.78. The lowest BCUT2D eigenvalue weighted by atomic mass is 10.1. The molecule has 8 nitrogen and oxygen atoms in total. The first-order valence-corrected chi connectivity index (χ1v) is 10.8. The van der Waals surface area contributed by atoms with E-state index in [2.05, 4.69) is 10.6 Å². The summed E-state index contributed by atoms with van der Waals surface area (Å²) in [5.41, 5.74) is 3.69. The van der Waals surface area contributed by atoms with E-state index in [9.17, 15) is 14.9 Å². The highest BCUT2D eigenvalue weighted by Gasteiger charge is 2.22. The van der Waals surface area contributed by atoms with Crippen LogP contribution in [-0.4, -0.2) is 26.9 Å². The molecule has 1 aromatic heterocycles. The third-order valence-corrected chi connectivity index (χ3v) is 5.51. The van der Waals surface area contributed by atoms with E-state index in [1.165, 1.54) is 12.1 Å². The lowest BCUT2D eigenvalue weighted by molar-refractivity contribution is -0.384. The number of nitro benzene ring substituents is 1. The van der Waals surface area contributed by atoms with Crippen molar-refractivity contribution < 1.29 is 9.72 Å². The summed E-state index contributed by atoms with van der Waals surface area (Å²) in [6.07, 6.45) is 0.958. The summed E-state index contributed by atoms with van der Waals surface area (Å²) in [5, 5.41) is 17.1. The number of anilines is 1. The number of fused-ring (bicyclic) bond motifs is 1. The monoisotopic (exact) mass is 443 g/mol. The van der Waals surface area contributed by atoms with E-state index in [0.29, 0.717) is 19.4 Å². The van der Waals surface area contributed by atoms with Crippen molar-refractivity contribution in [2.75, 3.05) is 11.9 Å². The van der Waals surface area contributed by atoms with Gasteiger partial charge in [-0.1, -0.05) is 42.5 Å². The zero-order chi connectivity index (χ0) is 23.2. The number of nitrogens with zero attached hydrogens (tertiary/aromatic N) is 3. The average Bonchev–Trinajstić information content (AvgIpc) is 3.17. The minimum Gasteiger partial charge on any atom is -0.385 e. The maximum Gasteiger partial charge on any atom is 0.269 e. The Kier molecular flexibility index (Phi) is 6.64. The second kappa shape index (κ2) is 9.95. The first-order chi connectivity index (χ1) is 16.0. The molecule has 1 amide bonds. The highest BCUT2D eigenvalue weighted by Crippen LogP contribution is 2.25. The van der Waals surface area contributed by atoms with Crippen molar-refractivity contribution in [1.29, 1.82) is 0 Å². The van der Waals surface area contributed by atoms with Gasteiger partial charge in [-0.25, -0.2) is 4.98 Å². The van der Waals surface area contributed by atoms with Crippen LogP contribution in [0.3, 0.4) is 0 Å². The van der Waals surface area contributed by atoms with Gasteiger partial charge in [-0.15, -0.1) is 0 Å². The summed E-state index contributed by atoms with van der Waals surface area (Å²) >= 11 is 0. The number of benzene rings is 3. The number of imidazole rings is 1. The molecule has 168 valence electrons. The standard InChI is InChI=1S/C25H25N5O3/c1-29-22-11-6-5-10-21(22)27-25(29)24(18-8-3-2-4-9-18)28-23(31)12-7-17-26-19-13-15-20(16-14-19)30(32)33/h2-6,8-11,13-16,24,26H,7,12,17H2,1H3,(H,28,31). The normalized spacial score (nSPS) is 11.8. The molecule has 1 heterocycles. The molecule has 8 heteroatoms. The van der Waals surface area contributed by atoms with Crippen LogP contribution < -0.4 is 10.6 Å². The van der Waals surface area contributed by atoms with Crippen LogP contribution in [0.5, 0.6) is 0 Å². The van der Waals surface area contributed by atoms with Gasteiger partial charge in [-0.05, 0) is 36.2 Å². The van der Waals surface area contributed by atoms with Gasteiger partial charge in [0.15, 0.2) is 0 Å². The van der Waals surface area contributed by atoms with Crippen LogP contribution in [0.25, 0.3) is 11.0 Å². The Bertz CT molecular complexity index is 1250. The maximum absolute atomic E-state index is 12.8. The Hall–Kier alpha value is -4.20. The number of hydrogen-bond acceptors (Lipinski definition) is 5. The van der Waals surface area contributed by atoms with Crippen molar-refractivity contribution >= 4 is 28.3 Å². The SMILES string of the molecule is Cn1c(C(NC(=O)CCCNc2ccc([N+](=O)[O-])cc2)c2ccccc2)nc2ccccc21. The summed E-state index contributed by atoms with van der Waals surface area (Å²) in [7, 11) is 1.96. The van der Waals surface area contributed by atoms with Gasteiger partial charge in [0.1, 0.15) is 11.9 Å². The summed E-state index contributed by atoms with van der Waals surface area (Å²) in [4.78, 5) is 27.9.